The summed E-state index contributed by atoms with van der Waals surface area (Å²) in [6.45, 7) is 3.47. The van der Waals surface area contributed by atoms with Crippen molar-refractivity contribution in [3.8, 4) is 0 Å². The molecule has 1 fully saturated rings. The highest BCUT2D eigenvalue weighted by molar-refractivity contribution is 8.27. The predicted molar refractivity (Wildman–Crippen MR) is 108 cm³/mol. The van der Waals surface area contributed by atoms with Crippen molar-refractivity contribution in [2.24, 2.45) is 0 Å². The zero-order chi connectivity index (χ0) is 18.0. The summed E-state index contributed by atoms with van der Waals surface area (Å²) in [5.41, 5.74) is 3.50. The van der Waals surface area contributed by atoms with Gasteiger partial charge in [0, 0.05) is 12.6 Å². The molecule has 4 nitrogen and oxygen atoms in total. The summed E-state index contributed by atoms with van der Waals surface area (Å²) in [5.74, 6) is -0.276. The molecule has 126 valence electrons. The van der Waals surface area contributed by atoms with Gasteiger partial charge in [-0.05, 0) is 42.8 Å². The zero-order valence-corrected chi connectivity index (χ0v) is 15.4. The van der Waals surface area contributed by atoms with Crippen molar-refractivity contribution < 1.29 is 9.59 Å². The summed E-state index contributed by atoms with van der Waals surface area (Å²) in [5, 5.41) is 2.70. The molecule has 1 aliphatic heterocycles. The van der Waals surface area contributed by atoms with Gasteiger partial charge in [-0.1, -0.05) is 53.8 Å². The van der Waals surface area contributed by atoms with Crippen molar-refractivity contribution in [1.29, 1.82) is 0 Å². The minimum Gasteiger partial charge on any atom is -0.326 e. The van der Waals surface area contributed by atoms with E-state index in [9.17, 15) is 9.59 Å². The van der Waals surface area contributed by atoms with Gasteiger partial charge >= 0.3 is 0 Å². The molecule has 3 rings (SSSR count). The average Bonchev–Trinajstić information content (AvgIpc) is 2.84. The van der Waals surface area contributed by atoms with Gasteiger partial charge in [-0.3, -0.25) is 14.5 Å². The molecule has 25 heavy (non-hydrogen) atoms. The molecule has 2 aromatic rings. The van der Waals surface area contributed by atoms with Crippen LogP contribution in [-0.4, -0.2) is 16.1 Å². The molecule has 0 bridgehead atoms. The largest absolute Gasteiger partial charge is 0.326 e. The van der Waals surface area contributed by atoms with E-state index in [0.29, 0.717) is 20.6 Å². The molecule has 1 saturated heterocycles. The number of aryl methyl sites for hydroxylation is 1. The molecule has 6 heteroatoms. The van der Waals surface area contributed by atoms with E-state index in [0.717, 1.165) is 5.56 Å². The fraction of sp³-hybridized carbons (Fsp3) is 0.105. The maximum Gasteiger partial charge on any atom is 0.270 e. The molecule has 0 aliphatic carbocycles. The molecule has 1 aliphatic rings. The van der Waals surface area contributed by atoms with Crippen LogP contribution >= 0.6 is 24.0 Å². The third-order valence-electron chi connectivity index (χ3n) is 3.61. The normalized spacial score (nSPS) is 15.8. The number of nitrogens with zero attached hydrogens (tertiary/aromatic N) is 1. The summed E-state index contributed by atoms with van der Waals surface area (Å²) in [6.07, 6.45) is 1.85. The first-order chi connectivity index (χ1) is 11.9. The van der Waals surface area contributed by atoms with Crippen LogP contribution in [0.3, 0.4) is 0 Å². The van der Waals surface area contributed by atoms with Gasteiger partial charge in [0.05, 0.1) is 10.6 Å². The maximum absolute atomic E-state index is 12.7. The topological polar surface area (TPSA) is 49.4 Å². The Kier molecular flexibility index (Phi) is 5.01. The predicted octanol–water partition coefficient (Wildman–Crippen LogP) is 4.36. The van der Waals surface area contributed by atoms with Crippen molar-refractivity contribution in [2.75, 3.05) is 10.2 Å². The molecule has 1 heterocycles. The second-order valence-corrected chi connectivity index (χ2v) is 7.33. The van der Waals surface area contributed by atoms with Gasteiger partial charge in [0.15, 0.2) is 4.32 Å². The number of anilines is 2. The average molecular weight is 368 g/mol. The van der Waals surface area contributed by atoms with Gasteiger partial charge in [0.25, 0.3) is 5.91 Å². The number of hydrogen-bond donors (Lipinski definition) is 1. The summed E-state index contributed by atoms with van der Waals surface area (Å²) in [4.78, 5) is 25.9. The number of thiocarbonyl (C=S) groups is 1. The Morgan fingerprint density at radius 2 is 1.76 bits per heavy atom. The monoisotopic (exact) mass is 368 g/mol. The van der Waals surface area contributed by atoms with E-state index in [-0.39, 0.29) is 11.8 Å². The molecule has 0 aromatic heterocycles. The van der Waals surface area contributed by atoms with Crippen LogP contribution in [0.4, 0.5) is 11.4 Å². The molecular weight excluding hydrogens is 352 g/mol. The van der Waals surface area contributed by atoms with E-state index >= 15 is 0 Å². The first-order valence-electron chi connectivity index (χ1n) is 7.66. The van der Waals surface area contributed by atoms with E-state index < -0.39 is 0 Å². The number of carbonyl (C=O) groups excluding carboxylic acids is 2. The summed E-state index contributed by atoms with van der Waals surface area (Å²) < 4.78 is 0.496. The minimum atomic E-state index is -0.139. The lowest BCUT2D eigenvalue weighted by molar-refractivity contribution is -0.114. The maximum atomic E-state index is 12.7. The molecule has 0 spiro atoms. The highest BCUT2D eigenvalue weighted by atomic mass is 32.2. The SMILES string of the molecule is CC(=O)Nc1ccc(N2C(=O)/C(=C/c3ccc(C)cc3)SC2=S)cc1. The highest BCUT2D eigenvalue weighted by Gasteiger charge is 2.33. The lowest BCUT2D eigenvalue weighted by atomic mass is 10.1. The van der Waals surface area contributed by atoms with Crippen LogP contribution in [0.1, 0.15) is 18.1 Å². The van der Waals surface area contributed by atoms with Crippen LogP contribution in [0.15, 0.2) is 53.4 Å². The zero-order valence-electron chi connectivity index (χ0n) is 13.8. The Morgan fingerprint density at radius 3 is 2.36 bits per heavy atom. The van der Waals surface area contributed by atoms with Gasteiger partial charge in [-0.2, -0.15) is 0 Å². The van der Waals surface area contributed by atoms with Gasteiger partial charge in [0.1, 0.15) is 0 Å². The Hall–Kier alpha value is -2.44. The summed E-state index contributed by atoms with van der Waals surface area (Å²) in [7, 11) is 0. The third-order valence-corrected chi connectivity index (χ3v) is 4.92. The fourth-order valence-electron chi connectivity index (χ4n) is 2.40. The van der Waals surface area contributed by atoms with E-state index in [1.807, 2.05) is 37.3 Å². The smallest absolute Gasteiger partial charge is 0.270 e. The summed E-state index contributed by atoms with van der Waals surface area (Å²) in [6, 6.07) is 15.0. The Balaban J connectivity index is 1.83. The van der Waals surface area contributed by atoms with Crippen LogP contribution in [0, 0.1) is 6.92 Å². The standard InChI is InChI=1S/C19H16N2O2S2/c1-12-3-5-14(6-4-12)11-17-18(23)21(19(24)25-17)16-9-7-15(8-10-16)20-13(2)22/h3-11H,1-2H3,(H,20,22)/b17-11-. The van der Waals surface area contributed by atoms with Crippen molar-refractivity contribution in [3.05, 3.63) is 64.6 Å². The molecule has 2 amide bonds. The Morgan fingerprint density at radius 1 is 1.12 bits per heavy atom. The minimum absolute atomic E-state index is 0.136. The quantitative estimate of drug-likeness (QED) is 0.646. The van der Waals surface area contributed by atoms with Crippen LogP contribution < -0.4 is 10.2 Å². The van der Waals surface area contributed by atoms with E-state index in [1.54, 1.807) is 24.3 Å². The van der Waals surface area contributed by atoms with Crippen LogP contribution in [-0.2, 0) is 9.59 Å². The lowest BCUT2D eigenvalue weighted by Crippen LogP contribution is -2.27. The van der Waals surface area contributed by atoms with Crippen LogP contribution in [0.5, 0.6) is 0 Å². The molecular formula is C19H16N2O2S2. The third kappa shape index (κ3) is 3.97. The molecule has 0 unspecified atom stereocenters. The number of thioether (sulfide) groups is 1. The number of amides is 2. The molecule has 0 atom stereocenters. The summed E-state index contributed by atoms with van der Waals surface area (Å²) >= 11 is 6.66. The number of rotatable bonds is 3. The lowest BCUT2D eigenvalue weighted by Gasteiger charge is -2.15. The highest BCUT2D eigenvalue weighted by Crippen LogP contribution is 2.36. The van der Waals surface area contributed by atoms with Gasteiger partial charge in [-0.15, -0.1) is 0 Å². The van der Waals surface area contributed by atoms with Gasteiger partial charge < -0.3 is 5.32 Å². The molecule has 0 saturated carbocycles. The first-order valence-corrected chi connectivity index (χ1v) is 8.89. The van der Waals surface area contributed by atoms with Crippen LogP contribution in [0.25, 0.3) is 6.08 Å². The molecule has 0 radical (unpaired) electrons. The van der Waals surface area contributed by atoms with E-state index in [1.165, 1.54) is 29.1 Å². The fourth-order valence-corrected chi connectivity index (χ4v) is 3.70. The van der Waals surface area contributed by atoms with Crippen molar-refractivity contribution in [2.45, 2.75) is 13.8 Å². The van der Waals surface area contributed by atoms with Crippen molar-refractivity contribution >= 4 is 57.6 Å². The second kappa shape index (κ2) is 7.21. The van der Waals surface area contributed by atoms with Crippen LogP contribution in [0.2, 0.25) is 0 Å². The number of benzene rings is 2. The van der Waals surface area contributed by atoms with E-state index in [2.05, 4.69) is 5.32 Å². The number of nitrogens with one attached hydrogen (secondary N) is 1. The van der Waals surface area contributed by atoms with Crippen molar-refractivity contribution in [1.82, 2.24) is 0 Å². The Bertz CT molecular complexity index is 871. The van der Waals surface area contributed by atoms with Gasteiger partial charge in [0.2, 0.25) is 5.91 Å². The molecule has 1 N–H and O–H groups in total. The van der Waals surface area contributed by atoms with Crippen molar-refractivity contribution in [3.63, 3.8) is 0 Å². The number of hydrogen-bond acceptors (Lipinski definition) is 4. The second-order valence-electron chi connectivity index (χ2n) is 5.66. The number of carbonyl (C=O) groups is 2. The first kappa shape index (κ1) is 17.4. The Labute approximate surface area is 155 Å². The van der Waals surface area contributed by atoms with E-state index in [4.69, 9.17) is 12.2 Å². The van der Waals surface area contributed by atoms with Gasteiger partial charge in [-0.25, -0.2) is 0 Å². The molecule has 2 aromatic carbocycles.